The maximum Gasteiger partial charge on any atom is 0.271 e. The van der Waals surface area contributed by atoms with Gasteiger partial charge < -0.3 is 20.1 Å². The predicted octanol–water partition coefficient (Wildman–Crippen LogP) is 2.54. The first-order valence-electron chi connectivity index (χ1n) is 6.76. The topological polar surface area (TPSA) is 111 Å². The number of benzene rings is 2. The zero-order valence-electron chi connectivity index (χ0n) is 12.9. The van der Waals surface area contributed by atoms with E-state index in [0.29, 0.717) is 16.1 Å². The van der Waals surface area contributed by atoms with Crippen molar-refractivity contribution in [2.45, 2.75) is 6.92 Å². The van der Waals surface area contributed by atoms with E-state index in [1.807, 2.05) is 0 Å². The van der Waals surface area contributed by atoms with E-state index in [1.54, 1.807) is 13.0 Å². The number of halogens is 1. The fraction of sp³-hybridized carbons (Fsp3) is 0.125. The van der Waals surface area contributed by atoms with E-state index in [2.05, 4.69) is 10.5 Å². The highest BCUT2D eigenvalue weighted by Crippen LogP contribution is 2.36. The molecule has 24 heavy (non-hydrogen) atoms. The maximum atomic E-state index is 12.0. The second kappa shape index (κ2) is 7.10. The van der Waals surface area contributed by atoms with Crippen LogP contribution in [0.5, 0.6) is 23.0 Å². The average Bonchev–Trinajstić information content (AvgIpc) is 2.54. The smallest absolute Gasteiger partial charge is 0.271 e. The minimum Gasteiger partial charge on any atom is -0.507 e. The zero-order valence-corrected chi connectivity index (χ0v) is 13.6. The Kier molecular flexibility index (Phi) is 5.15. The van der Waals surface area contributed by atoms with Crippen molar-refractivity contribution in [1.82, 2.24) is 5.43 Å². The molecule has 0 atom stereocenters. The molecule has 0 bridgehead atoms. The molecule has 0 spiro atoms. The number of nitrogens with zero attached hydrogens (tertiary/aromatic N) is 1. The molecule has 2 aromatic carbocycles. The molecule has 0 unspecified atom stereocenters. The number of phenols is 3. The molecule has 0 fully saturated rings. The molecule has 2 aromatic rings. The fourth-order valence-corrected chi connectivity index (χ4v) is 2.25. The molecule has 2 rings (SSSR count). The van der Waals surface area contributed by atoms with Crippen LogP contribution in [0.1, 0.15) is 21.5 Å². The number of hydrazone groups is 1. The van der Waals surface area contributed by atoms with E-state index in [-0.39, 0.29) is 17.1 Å². The van der Waals surface area contributed by atoms with Crippen molar-refractivity contribution < 1.29 is 24.9 Å². The quantitative estimate of drug-likeness (QED) is 0.384. The molecule has 0 aromatic heterocycles. The number of hydrogen-bond acceptors (Lipinski definition) is 6. The van der Waals surface area contributed by atoms with Gasteiger partial charge in [-0.25, -0.2) is 5.43 Å². The second-order valence-corrected chi connectivity index (χ2v) is 5.34. The number of amides is 1. The zero-order chi connectivity index (χ0) is 17.9. The van der Waals surface area contributed by atoms with E-state index in [1.165, 1.54) is 25.5 Å². The van der Waals surface area contributed by atoms with Gasteiger partial charge in [0.25, 0.3) is 5.91 Å². The van der Waals surface area contributed by atoms with Gasteiger partial charge in [-0.2, -0.15) is 5.10 Å². The number of carbonyl (C=O) groups excluding carboxylic acids is 1. The van der Waals surface area contributed by atoms with Crippen LogP contribution in [0.25, 0.3) is 0 Å². The third-order valence-corrected chi connectivity index (χ3v) is 3.42. The predicted molar refractivity (Wildman–Crippen MR) is 89.2 cm³/mol. The van der Waals surface area contributed by atoms with Gasteiger partial charge in [0.2, 0.25) is 5.75 Å². The van der Waals surface area contributed by atoms with Gasteiger partial charge in [-0.1, -0.05) is 11.6 Å². The molecular formula is C16H15ClN2O5. The number of aromatic hydroxyl groups is 3. The SMILES string of the molecule is COc1cc(C(=O)NN=Cc2cc(Cl)cc(C)c2O)cc(O)c1O. The van der Waals surface area contributed by atoms with Crippen LogP contribution in [0.2, 0.25) is 5.02 Å². The Morgan fingerprint density at radius 2 is 1.92 bits per heavy atom. The lowest BCUT2D eigenvalue weighted by molar-refractivity contribution is 0.0954. The first-order valence-corrected chi connectivity index (χ1v) is 7.13. The number of methoxy groups -OCH3 is 1. The molecular weight excluding hydrogens is 336 g/mol. The summed E-state index contributed by atoms with van der Waals surface area (Å²) >= 11 is 5.90. The maximum absolute atomic E-state index is 12.0. The summed E-state index contributed by atoms with van der Waals surface area (Å²) in [6, 6.07) is 5.41. The summed E-state index contributed by atoms with van der Waals surface area (Å²) in [4.78, 5) is 12.0. The Hall–Kier alpha value is -2.93. The standard InChI is InChI=1S/C16H15ClN2O5/c1-8-3-11(17)4-10(14(8)21)7-18-19-16(23)9-5-12(20)15(22)13(6-9)24-2/h3-7,20-22H,1-2H3,(H,19,23). The van der Waals surface area contributed by atoms with Crippen molar-refractivity contribution in [3.05, 3.63) is 46.0 Å². The van der Waals surface area contributed by atoms with E-state index < -0.39 is 17.4 Å². The summed E-state index contributed by atoms with van der Waals surface area (Å²) in [5.74, 6) is -1.64. The average molecular weight is 351 g/mol. The monoisotopic (exact) mass is 350 g/mol. The van der Waals surface area contributed by atoms with Gasteiger partial charge >= 0.3 is 0 Å². The van der Waals surface area contributed by atoms with Crippen LogP contribution in [0.4, 0.5) is 0 Å². The van der Waals surface area contributed by atoms with Crippen LogP contribution in [0, 0.1) is 6.92 Å². The van der Waals surface area contributed by atoms with Gasteiger partial charge in [0, 0.05) is 16.1 Å². The van der Waals surface area contributed by atoms with Crippen molar-refractivity contribution >= 4 is 23.7 Å². The molecule has 0 radical (unpaired) electrons. The largest absolute Gasteiger partial charge is 0.507 e. The lowest BCUT2D eigenvalue weighted by Crippen LogP contribution is -2.17. The first-order chi connectivity index (χ1) is 11.3. The first kappa shape index (κ1) is 17.4. The highest BCUT2D eigenvalue weighted by Gasteiger charge is 2.14. The van der Waals surface area contributed by atoms with Crippen LogP contribution >= 0.6 is 11.6 Å². The van der Waals surface area contributed by atoms with Gasteiger partial charge in [0.05, 0.1) is 13.3 Å². The van der Waals surface area contributed by atoms with Crippen LogP contribution in [0.3, 0.4) is 0 Å². The Morgan fingerprint density at radius 3 is 2.58 bits per heavy atom. The van der Waals surface area contributed by atoms with E-state index in [0.717, 1.165) is 6.07 Å². The molecule has 0 aliphatic carbocycles. The summed E-state index contributed by atoms with van der Waals surface area (Å²) in [7, 11) is 1.29. The minimum atomic E-state index is -0.641. The number of nitrogens with one attached hydrogen (secondary N) is 1. The molecule has 0 aliphatic heterocycles. The third-order valence-electron chi connectivity index (χ3n) is 3.20. The van der Waals surface area contributed by atoms with Gasteiger partial charge in [-0.05, 0) is 36.8 Å². The number of rotatable bonds is 4. The molecule has 0 saturated carbocycles. The molecule has 0 saturated heterocycles. The van der Waals surface area contributed by atoms with Gasteiger partial charge in [0.15, 0.2) is 11.5 Å². The van der Waals surface area contributed by atoms with E-state index in [4.69, 9.17) is 16.3 Å². The third kappa shape index (κ3) is 3.69. The van der Waals surface area contributed by atoms with Crippen molar-refractivity contribution in [2.24, 2.45) is 5.10 Å². The van der Waals surface area contributed by atoms with Crippen LogP contribution in [-0.2, 0) is 0 Å². The number of hydrogen-bond donors (Lipinski definition) is 4. The number of phenolic OH excluding ortho intramolecular Hbond substituents is 3. The highest BCUT2D eigenvalue weighted by molar-refractivity contribution is 6.31. The lowest BCUT2D eigenvalue weighted by Gasteiger charge is -2.08. The van der Waals surface area contributed by atoms with Crippen molar-refractivity contribution in [2.75, 3.05) is 7.11 Å². The molecule has 1 amide bonds. The van der Waals surface area contributed by atoms with E-state index in [9.17, 15) is 20.1 Å². The minimum absolute atomic E-state index is 0.00125. The Morgan fingerprint density at radius 1 is 1.21 bits per heavy atom. The molecule has 4 N–H and O–H groups in total. The van der Waals surface area contributed by atoms with Crippen LogP contribution < -0.4 is 10.2 Å². The Balaban J connectivity index is 2.18. The molecule has 7 nitrogen and oxygen atoms in total. The van der Waals surface area contributed by atoms with Crippen LogP contribution in [-0.4, -0.2) is 34.6 Å². The Bertz CT molecular complexity index is 821. The molecule has 0 heterocycles. The summed E-state index contributed by atoms with van der Waals surface area (Å²) < 4.78 is 4.86. The van der Waals surface area contributed by atoms with Crippen molar-refractivity contribution in [3.63, 3.8) is 0 Å². The highest BCUT2D eigenvalue weighted by atomic mass is 35.5. The number of aryl methyl sites for hydroxylation is 1. The van der Waals surface area contributed by atoms with E-state index >= 15 is 0 Å². The fourth-order valence-electron chi connectivity index (χ4n) is 1.96. The second-order valence-electron chi connectivity index (χ2n) is 4.91. The van der Waals surface area contributed by atoms with Crippen molar-refractivity contribution in [1.29, 1.82) is 0 Å². The Labute approximate surface area is 142 Å². The molecule has 8 heteroatoms. The normalized spacial score (nSPS) is 10.8. The van der Waals surface area contributed by atoms with Gasteiger partial charge in [-0.15, -0.1) is 0 Å². The van der Waals surface area contributed by atoms with Crippen molar-refractivity contribution in [3.8, 4) is 23.0 Å². The number of ether oxygens (including phenoxy) is 1. The number of carbonyl (C=O) groups is 1. The van der Waals surface area contributed by atoms with Gasteiger partial charge in [-0.3, -0.25) is 4.79 Å². The lowest BCUT2D eigenvalue weighted by atomic mass is 10.1. The summed E-state index contributed by atoms with van der Waals surface area (Å²) in [5.41, 5.74) is 3.18. The molecule has 126 valence electrons. The summed E-state index contributed by atoms with van der Waals surface area (Å²) in [5, 5.41) is 33.2. The summed E-state index contributed by atoms with van der Waals surface area (Å²) in [6.07, 6.45) is 1.24. The van der Waals surface area contributed by atoms with Gasteiger partial charge in [0.1, 0.15) is 5.75 Å². The molecule has 0 aliphatic rings. The summed E-state index contributed by atoms with van der Waals surface area (Å²) in [6.45, 7) is 1.68. The van der Waals surface area contributed by atoms with Crippen LogP contribution in [0.15, 0.2) is 29.4 Å².